The first kappa shape index (κ1) is 10.7. The van der Waals surface area contributed by atoms with Crippen molar-refractivity contribution in [2.75, 3.05) is 6.54 Å². The van der Waals surface area contributed by atoms with E-state index in [4.69, 9.17) is 0 Å². The topological polar surface area (TPSA) is 98.2 Å². The van der Waals surface area contributed by atoms with Crippen LogP contribution in [-0.4, -0.2) is 39.0 Å². The van der Waals surface area contributed by atoms with Crippen LogP contribution in [-0.2, 0) is 4.79 Å². The van der Waals surface area contributed by atoms with Gasteiger partial charge >= 0.3 is 0 Å². The highest BCUT2D eigenvalue weighted by molar-refractivity contribution is 5.72. The van der Waals surface area contributed by atoms with E-state index in [0.29, 0.717) is 5.56 Å². The molecule has 0 aliphatic heterocycles. The van der Waals surface area contributed by atoms with Crippen molar-refractivity contribution in [3.63, 3.8) is 0 Å². The van der Waals surface area contributed by atoms with Crippen LogP contribution in [0.15, 0.2) is 12.4 Å². The van der Waals surface area contributed by atoms with Crippen molar-refractivity contribution in [3.05, 3.63) is 18.0 Å². The van der Waals surface area contributed by atoms with E-state index in [2.05, 4.69) is 15.5 Å². The average Bonchev–Trinajstić information content (AvgIpc) is 2.65. The number of aliphatic hydroxyl groups is 2. The van der Waals surface area contributed by atoms with Gasteiger partial charge in [0.15, 0.2) is 0 Å². The van der Waals surface area contributed by atoms with Crippen molar-refractivity contribution in [3.8, 4) is 0 Å². The summed E-state index contributed by atoms with van der Waals surface area (Å²) in [7, 11) is 0. The van der Waals surface area contributed by atoms with Gasteiger partial charge in [-0.15, -0.1) is 0 Å². The van der Waals surface area contributed by atoms with Crippen LogP contribution in [0.2, 0.25) is 0 Å². The summed E-state index contributed by atoms with van der Waals surface area (Å²) in [6, 6.07) is 0. The number of nitrogens with one attached hydrogen (secondary N) is 2. The first-order valence-corrected chi connectivity index (χ1v) is 4.20. The van der Waals surface area contributed by atoms with E-state index >= 15 is 0 Å². The van der Waals surface area contributed by atoms with Crippen molar-refractivity contribution in [2.24, 2.45) is 0 Å². The lowest BCUT2D eigenvalue weighted by Gasteiger charge is -2.16. The third-order valence-corrected chi connectivity index (χ3v) is 1.79. The summed E-state index contributed by atoms with van der Waals surface area (Å²) < 4.78 is 0. The smallest absolute Gasteiger partial charge is 0.216 e. The van der Waals surface area contributed by atoms with E-state index in [9.17, 15) is 15.0 Å². The molecule has 0 radical (unpaired) electrons. The fourth-order valence-corrected chi connectivity index (χ4v) is 1.00. The summed E-state index contributed by atoms with van der Waals surface area (Å²) in [6.45, 7) is 1.36. The van der Waals surface area contributed by atoms with E-state index in [-0.39, 0.29) is 12.5 Å². The van der Waals surface area contributed by atoms with E-state index < -0.39 is 12.2 Å². The molecule has 1 amide bonds. The molecule has 6 nitrogen and oxygen atoms in total. The van der Waals surface area contributed by atoms with Crippen LogP contribution in [0.4, 0.5) is 0 Å². The van der Waals surface area contributed by atoms with Gasteiger partial charge in [-0.2, -0.15) is 5.10 Å². The SMILES string of the molecule is CC(=O)NCC(O)C(O)c1cn[nH]c1. The van der Waals surface area contributed by atoms with Crippen molar-refractivity contribution in [2.45, 2.75) is 19.1 Å². The Morgan fingerprint density at radius 1 is 1.71 bits per heavy atom. The zero-order valence-corrected chi connectivity index (χ0v) is 7.77. The highest BCUT2D eigenvalue weighted by Gasteiger charge is 2.18. The molecule has 0 saturated heterocycles. The van der Waals surface area contributed by atoms with Crippen molar-refractivity contribution in [1.82, 2.24) is 15.5 Å². The highest BCUT2D eigenvalue weighted by Crippen LogP contribution is 2.13. The van der Waals surface area contributed by atoms with E-state index in [0.717, 1.165) is 0 Å². The third-order valence-electron chi connectivity index (χ3n) is 1.79. The molecule has 0 fully saturated rings. The number of hydrogen-bond acceptors (Lipinski definition) is 4. The van der Waals surface area contributed by atoms with Gasteiger partial charge in [0.05, 0.1) is 6.20 Å². The van der Waals surface area contributed by atoms with Gasteiger partial charge in [-0.25, -0.2) is 0 Å². The molecule has 4 N–H and O–H groups in total. The maximum absolute atomic E-state index is 10.5. The first-order chi connectivity index (χ1) is 6.61. The molecule has 1 aromatic heterocycles. The lowest BCUT2D eigenvalue weighted by atomic mass is 10.1. The summed E-state index contributed by atoms with van der Waals surface area (Å²) in [6.07, 6.45) is 0.834. The van der Waals surface area contributed by atoms with Gasteiger partial charge in [0.25, 0.3) is 0 Å². The number of nitrogens with zero attached hydrogens (tertiary/aromatic N) is 1. The molecule has 14 heavy (non-hydrogen) atoms. The number of carbonyl (C=O) groups is 1. The molecule has 6 heteroatoms. The monoisotopic (exact) mass is 199 g/mol. The predicted octanol–water partition coefficient (Wildman–Crippen LogP) is -1.06. The molecule has 2 unspecified atom stereocenters. The molecular formula is C8H13N3O3. The molecule has 0 spiro atoms. The Bertz CT molecular complexity index is 286. The van der Waals surface area contributed by atoms with Gasteiger partial charge in [-0.05, 0) is 0 Å². The fraction of sp³-hybridized carbons (Fsp3) is 0.500. The molecular weight excluding hydrogens is 186 g/mol. The number of carbonyl (C=O) groups excluding carboxylic acids is 1. The molecule has 1 heterocycles. The Labute approximate surface area is 81.0 Å². The van der Waals surface area contributed by atoms with Crippen molar-refractivity contribution in [1.29, 1.82) is 0 Å². The Morgan fingerprint density at radius 2 is 2.43 bits per heavy atom. The largest absolute Gasteiger partial charge is 0.388 e. The number of H-pyrrole nitrogens is 1. The molecule has 0 aliphatic rings. The first-order valence-electron chi connectivity index (χ1n) is 4.20. The second-order valence-electron chi connectivity index (χ2n) is 2.98. The molecule has 2 atom stereocenters. The zero-order chi connectivity index (χ0) is 10.6. The minimum atomic E-state index is -1.04. The maximum Gasteiger partial charge on any atom is 0.216 e. The van der Waals surface area contributed by atoms with E-state index in [1.807, 2.05) is 0 Å². The van der Waals surface area contributed by atoms with Crippen LogP contribution >= 0.6 is 0 Å². The van der Waals surface area contributed by atoms with Crippen LogP contribution in [0.25, 0.3) is 0 Å². The van der Waals surface area contributed by atoms with Gasteiger partial charge in [0.1, 0.15) is 12.2 Å². The van der Waals surface area contributed by atoms with Gasteiger partial charge in [-0.3, -0.25) is 9.89 Å². The molecule has 0 aliphatic carbocycles. The standard InChI is InChI=1S/C8H13N3O3/c1-5(12)9-4-7(13)8(14)6-2-10-11-3-6/h2-3,7-8,13-14H,4H2,1H3,(H,9,12)(H,10,11). The van der Waals surface area contributed by atoms with Gasteiger partial charge in [0, 0.05) is 25.2 Å². The molecule has 78 valence electrons. The lowest BCUT2D eigenvalue weighted by Crippen LogP contribution is -2.34. The Kier molecular flexibility index (Phi) is 3.61. The average molecular weight is 199 g/mol. The highest BCUT2D eigenvalue weighted by atomic mass is 16.3. The fourth-order valence-electron chi connectivity index (χ4n) is 1.00. The summed E-state index contributed by atoms with van der Waals surface area (Å²) in [5.41, 5.74) is 0.489. The number of aromatic nitrogens is 2. The van der Waals surface area contributed by atoms with Crippen LogP contribution in [0.1, 0.15) is 18.6 Å². The predicted molar refractivity (Wildman–Crippen MR) is 48.2 cm³/mol. The van der Waals surface area contributed by atoms with Gasteiger partial charge in [-0.1, -0.05) is 0 Å². The normalized spacial score (nSPS) is 14.8. The molecule has 1 rings (SSSR count). The Morgan fingerprint density at radius 3 is 2.93 bits per heavy atom. The molecule has 0 saturated carbocycles. The summed E-state index contributed by atoms with van der Waals surface area (Å²) in [4.78, 5) is 10.5. The van der Waals surface area contributed by atoms with Crippen molar-refractivity contribution >= 4 is 5.91 Å². The van der Waals surface area contributed by atoms with E-state index in [1.165, 1.54) is 19.3 Å². The van der Waals surface area contributed by atoms with E-state index in [1.54, 1.807) is 0 Å². The lowest BCUT2D eigenvalue weighted by molar-refractivity contribution is -0.119. The van der Waals surface area contributed by atoms with Crippen molar-refractivity contribution < 1.29 is 15.0 Å². The summed E-state index contributed by atoms with van der Waals surface area (Å²) in [5, 5.41) is 27.5. The number of aliphatic hydroxyl groups excluding tert-OH is 2. The number of amides is 1. The quantitative estimate of drug-likeness (QED) is 0.496. The zero-order valence-electron chi connectivity index (χ0n) is 7.77. The van der Waals surface area contributed by atoms with Gasteiger partial charge < -0.3 is 15.5 Å². The minimum absolute atomic E-state index is 0.0156. The molecule has 0 bridgehead atoms. The number of rotatable bonds is 4. The van der Waals surface area contributed by atoms with Crippen LogP contribution in [0.3, 0.4) is 0 Å². The molecule has 1 aromatic rings. The van der Waals surface area contributed by atoms with Crippen LogP contribution in [0, 0.1) is 0 Å². The van der Waals surface area contributed by atoms with Crippen LogP contribution in [0.5, 0.6) is 0 Å². The Balaban J connectivity index is 2.44. The Hall–Kier alpha value is -1.40. The third kappa shape index (κ3) is 2.82. The summed E-state index contributed by atoms with van der Waals surface area (Å²) >= 11 is 0. The second-order valence-corrected chi connectivity index (χ2v) is 2.98. The summed E-state index contributed by atoms with van der Waals surface area (Å²) in [5.74, 6) is -0.247. The maximum atomic E-state index is 10.5. The van der Waals surface area contributed by atoms with Crippen LogP contribution < -0.4 is 5.32 Å². The minimum Gasteiger partial charge on any atom is -0.388 e. The van der Waals surface area contributed by atoms with Gasteiger partial charge in [0.2, 0.25) is 5.91 Å². The molecule has 0 aromatic carbocycles. The number of aromatic amines is 1. The second kappa shape index (κ2) is 4.73. The number of hydrogen-bond donors (Lipinski definition) is 4.